The summed E-state index contributed by atoms with van der Waals surface area (Å²) in [4.78, 5) is 12.6. The summed E-state index contributed by atoms with van der Waals surface area (Å²) in [5.41, 5.74) is 0. The summed E-state index contributed by atoms with van der Waals surface area (Å²) in [7, 11) is 0. The standard InChI is InChI=1S/C72H137NO3/c1-3-5-7-9-11-13-15-17-19-21-23-25-27-29-31-33-34-35-36-37-38-40-42-44-46-48-50-52-54-56-58-60-62-64-66-68-72(76)73-70(69-74)71(75)67-65-63-61-59-57-55-53-51-49-47-45-43-41-39-32-30-28-26-24-22-20-18-16-14-12-10-8-6-4-2/h5,7,11,13,17,19,23,25,70-71,74-75H,3-4,6,8-10,12,14-16,18,20-22,24,26-69H2,1-2H3,(H,73,76)/b7-5-,13-11-,19-17-,25-23-. The van der Waals surface area contributed by atoms with E-state index in [1.54, 1.807) is 0 Å². The van der Waals surface area contributed by atoms with Crippen molar-refractivity contribution in [1.82, 2.24) is 5.32 Å². The van der Waals surface area contributed by atoms with Crippen molar-refractivity contribution in [3.05, 3.63) is 48.6 Å². The Kier molecular flexibility index (Phi) is 66.2. The molecular weight excluding hydrogens is 927 g/mol. The van der Waals surface area contributed by atoms with Crippen LogP contribution in [0.2, 0.25) is 0 Å². The van der Waals surface area contributed by atoms with Crippen LogP contribution in [0.25, 0.3) is 0 Å². The van der Waals surface area contributed by atoms with Gasteiger partial charge in [0.05, 0.1) is 18.8 Å². The molecule has 3 N–H and O–H groups in total. The van der Waals surface area contributed by atoms with Crippen LogP contribution in [-0.4, -0.2) is 34.9 Å². The van der Waals surface area contributed by atoms with Crippen molar-refractivity contribution in [1.29, 1.82) is 0 Å². The maximum Gasteiger partial charge on any atom is 0.220 e. The number of aliphatic hydroxyl groups excluding tert-OH is 2. The first-order valence-electron chi connectivity index (χ1n) is 34.8. The van der Waals surface area contributed by atoms with Crippen molar-refractivity contribution < 1.29 is 15.0 Å². The summed E-state index contributed by atoms with van der Waals surface area (Å²) >= 11 is 0. The van der Waals surface area contributed by atoms with E-state index in [9.17, 15) is 15.0 Å². The van der Waals surface area contributed by atoms with Gasteiger partial charge in [0.25, 0.3) is 0 Å². The van der Waals surface area contributed by atoms with Crippen LogP contribution in [0.5, 0.6) is 0 Å². The fourth-order valence-electron chi connectivity index (χ4n) is 11.1. The number of aliphatic hydroxyl groups is 2. The Hall–Kier alpha value is -1.65. The SMILES string of the molecule is CC/C=C\C/C=C\C/C=C\C/C=C\CCCCCCCCCCCCCCCCCCCCCCCCC(=O)NC(CO)C(O)CCCCCCCCCCCCCCCCCCCCCCCCCCCCCCC. The van der Waals surface area contributed by atoms with Gasteiger partial charge in [0, 0.05) is 6.42 Å². The molecule has 0 heterocycles. The lowest BCUT2D eigenvalue weighted by Gasteiger charge is -2.22. The summed E-state index contributed by atoms with van der Waals surface area (Å²) in [6, 6.07) is -0.537. The minimum atomic E-state index is -0.660. The molecule has 0 saturated heterocycles. The molecule has 4 heteroatoms. The summed E-state index contributed by atoms with van der Waals surface area (Å²) < 4.78 is 0. The number of carbonyl (C=O) groups is 1. The monoisotopic (exact) mass is 1060 g/mol. The molecule has 2 atom stereocenters. The highest BCUT2D eigenvalue weighted by molar-refractivity contribution is 5.76. The van der Waals surface area contributed by atoms with Gasteiger partial charge in [-0.2, -0.15) is 0 Å². The molecule has 0 rings (SSSR count). The normalized spacial score (nSPS) is 12.9. The lowest BCUT2D eigenvalue weighted by molar-refractivity contribution is -0.123. The lowest BCUT2D eigenvalue weighted by atomic mass is 10.0. The Labute approximate surface area is 477 Å². The van der Waals surface area contributed by atoms with E-state index in [0.717, 1.165) is 51.4 Å². The van der Waals surface area contributed by atoms with Crippen LogP contribution in [0, 0.1) is 0 Å². The predicted molar refractivity (Wildman–Crippen MR) is 341 cm³/mol. The van der Waals surface area contributed by atoms with Crippen molar-refractivity contribution in [3.8, 4) is 0 Å². The van der Waals surface area contributed by atoms with E-state index in [-0.39, 0.29) is 12.5 Å². The fraction of sp³-hybridized carbons (Fsp3) is 0.875. The van der Waals surface area contributed by atoms with Crippen LogP contribution in [0.4, 0.5) is 0 Å². The molecule has 0 aliphatic rings. The molecule has 0 aliphatic heterocycles. The molecule has 4 nitrogen and oxygen atoms in total. The van der Waals surface area contributed by atoms with Gasteiger partial charge in [-0.15, -0.1) is 0 Å². The number of nitrogens with one attached hydrogen (secondary N) is 1. The van der Waals surface area contributed by atoms with E-state index in [0.29, 0.717) is 12.8 Å². The first-order valence-corrected chi connectivity index (χ1v) is 34.8. The molecule has 0 aromatic rings. The lowest BCUT2D eigenvalue weighted by Crippen LogP contribution is -2.45. The van der Waals surface area contributed by atoms with E-state index in [1.165, 1.54) is 308 Å². The second-order valence-electron chi connectivity index (χ2n) is 23.9. The molecule has 0 bridgehead atoms. The van der Waals surface area contributed by atoms with Gasteiger partial charge in [-0.1, -0.05) is 377 Å². The van der Waals surface area contributed by atoms with E-state index in [2.05, 4.69) is 67.8 Å². The molecule has 0 aliphatic carbocycles. The average Bonchev–Trinajstić information content (AvgIpc) is 3.42. The van der Waals surface area contributed by atoms with E-state index < -0.39 is 12.1 Å². The molecule has 0 saturated carbocycles. The molecule has 2 unspecified atom stereocenters. The summed E-state index contributed by atoms with van der Waals surface area (Å²) in [6.45, 7) is 4.29. The topological polar surface area (TPSA) is 69.6 Å². The minimum absolute atomic E-state index is 0.0231. The van der Waals surface area contributed by atoms with Crippen LogP contribution in [0.15, 0.2) is 48.6 Å². The Morgan fingerprint density at radius 3 is 0.868 bits per heavy atom. The number of carbonyl (C=O) groups excluding carboxylic acids is 1. The smallest absolute Gasteiger partial charge is 0.220 e. The predicted octanol–water partition coefficient (Wildman–Crippen LogP) is 23.7. The molecule has 0 spiro atoms. The number of rotatable bonds is 65. The highest BCUT2D eigenvalue weighted by Gasteiger charge is 2.20. The van der Waals surface area contributed by atoms with Crippen molar-refractivity contribution in [3.63, 3.8) is 0 Å². The summed E-state index contributed by atoms with van der Waals surface area (Å²) in [5, 5.41) is 23.5. The third-order valence-corrected chi connectivity index (χ3v) is 16.4. The van der Waals surface area contributed by atoms with Crippen molar-refractivity contribution >= 4 is 5.91 Å². The highest BCUT2D eigenvalue weighted by atomic mass is 16.3. The van der Waals surface area contributed by atoms with Crippen molar-refractivity contribution in [2.45, 2.75) is 398 Å². The molecule has 0 aromatic carbocycles. The molecule has 0 aromatic heterocycles. The number of amides is 1. The average molecular weight is 1060 g/mol. The Morgan fingerprint density at radius 1 is 0.329 bits per heavy atom. The second-order valence-corrected chi connectivity index (χ2v) is 23.9. The van der Waals surface area contributed by atoms with Gasteiger partial charge in [-0.3, -0.25) is 4.79 Å². The zero-order valence-corrected chi connectivity index (χ0v) is 51.8. The molecule has 76 heavy (non-hydrogen) atoms. The largest absolute Gasteiger partial charge is 0.394 e. The Bertz CT molecular complexity index is 1210. The van der Waals surface area contributed by atoms with Crippen LogP contribution in [0.3, 0.4) is 0 Å². The van der Waals surface area contributed by atoms with Gasteiger partial charge in [0.1, 0.15) is 0 Å². The minimum Gasteiger partial charge on any atom is -0.394 e. The summed E-state index contributed by atoms with van der Waals surface area (Å²) in [6.07, 6.45) is 94.6. The zero-order valence-electron chi connectivity index (χ0n) is 51.8. The molecular formula is C72H137NO3. The Balaban J connectivity index is 3.39. The maximum absolute atomic E-state index is 12.6. The fourth-order valence-corrected chi connectivity index (χ4v) is 11.1. The third-order valence-electron chi connectivity index (χ3n) is 16.4. The number of hydrogen-bond donors (Lipinski definition) is 3. The van der Waals surface area contributed by atoms with Gasteiger partial charge in [0.15, 0.2) is 0 Å². The quantitative estimate of drug-likeness (QED) is 0.0420. The zero-order chi connectivity index (χ0) is 54.8. The van der Waals surface area contributed by atoms with E-state index in [1.807, 2.05) is 0 Å². The van der Waals surface area contributed by atoms with Crippen molar-refractivity contribution in [2.24, 2.45) is 0 Å². The number of hydrogen-bond acceptors (Lipinski definition) is 3. The van der Waals surface area contributed by atoms with Gasteiger partial charge in [-0.05, 0) is 51.4 Å². The molecule has 0 fully saturated rings. The van der Waals surface area contributed by atoms with Crippen molar-refractivity contribution in [2.75, 3.05) is 6.61 Å². The maximum atomic E-state index is 12.6. The number of unbranched alkanes of at least 4 members (excludes halogenated alkanes) is 50. The third kappa shape index (κ3) is 63.2. The first kappa shape index (κ1) is 74.3. The van der Waals surface area contributed by atoms with Crippen LogP contribution in [-0.2, 0) is 4.79 Å². The van der Waals surface area contributed by atoms with Crippen LogP contribution in [0.1, 0.15) is 386 Å². The van der Waals surface area contributed by atoms with Gasteiger partial charge >= 0.3 is 0 Å². The number of allylic oxidation sites excluding steroid dienone is 8. The first-order chi connectivity index (χ1) is 37.7. The van der Waals surface area contributed by atoms with Crippen LogP contribution >= 0.6 is 0 Å². The molecule has 448 valence electrons. The van der Waals surface area contributed by atoms with E-state index >= 15 is 0 Å². The van der Waals surface area contributed by atoms with Gasteiger partial charge < -0.3 is 15.5 Å². The molecule has 1 amide bonds. The van der Waals surface area contributed by atoms with Gasteiger partial charge in [0.2, 0.25) is 5.91 Å². The van der Waals surface area contributed by atoms with E-state index in [4.69, 9.17) is 0 Å². The van der Waals surface area contributed by atoms with Gasteiger partial charge in [-0.25, -0.2) is 0 Å². The van der Waals surface area contributed by atoms with Crippen LogP contribution < -0.4 is 5.32 Å². The second kappa shape index (κ2) is 67.6. The molecule has 0 radical (unpaired) electrons. The summed E-state index contributed by atoms with van der Waals surface area (Å²) in [5.74, 6) is -0.0231. The highest BCUT2D eigenvalue weighted by Crippen LogP contribution is 2.19. The Morgan fingerprint density at radius 2 is 0.579 bits per heavy atom.